The van der Waals surface area contributed by atoms with Crippen LogP contribution in [0.25, 0.3) is 0 Å². The lowest BCUT2D eigenvalue weighted by atomic mass is 9.63. The van der Waals surface area contributed by atoms with Crippen LogP contribution in [0, 0.1) is 5.41 Å². The molecule has 0 aliphatic heterocycles. The van der Waals surface area contributed by atoms with Crippen molar-refractivity contribution in [3.8, 4) is 0 Å². The lowest BCUT2D eigenvalue weighted by Gasteiger charge is -2.56. The summed E-state index contributed by atoms with van der Waals surface area (Å²) in [6.45, 7) is 11.7. The van der Waals surface area contributed by atoms with Crippen LogP contribution in [0.15, 0.2) is 0 Å². The Bertz CT molecular complexity index is 304. The van der Waals surface area contributed by atoms with Crippen molar-refractivity contribution in [2.75, 3.05) is 19.7 Å². The van der Waals surface area contributed by atoms with E-state index in [9.17, 15) is 4.79 Å². The minimum atomic E-state index is -0.688. The number of hydrogen-bond donors (Lipinski definition) is 1. The molecular weight excluding hydrogens is 254 g/mol. The van der Waals surface area contributed by atoms with Crippen molar-refractivity contribution >= 4 is 5.97 Å². The molecule has 0 amide bonds. The highest BCUT2D eigenvalue weighted by atomic mass is 16.5. The van der Waals surface area contributed by atoms with E-state index in [4.69, 9.17) is 9.84 Å². The molecule has 4 heteroatoms. The zero-order valence-electron chi connectivity index (χ0n) is 13.5. The van der Waals surface area contributed by atoms with Crippen molar-refractivity contribution in [1.29, 1.82) is 0 Å². The third-order valence-electron chi connectivity index (χ3n) is 4.53. The Morgan fingerprint density at radius 2 is 2.00 bits per heavy atom. The van der Waals surface area contributed by atoms with Crippen LogP contribution in [-0.2, 0) is 9.53 Å². The molecule has 1 aliphatic carbocycles. The van der Waals surface area contributed by atoms with Gasteiger partial charge in [-0.3, -0.25) is 9.69 Å². The molecule has 0 aromatic carbocycles. The predicted octanol–water partition coefficient (Wildman–Crippen LogP) is 3.16. The molecule has 1 aliphatic rings. The number of aliphatic carboxylic acids is 1. The molecule has 0 bridgehead atoms. The lowest BCUT2D eigenvalue weighted by molar-refractivity contribution is -0.150. The van der Waals surface area contributed by atoms with Crippen LogP contribution in [0.3, 0.4) is 0 Å². The fourth-order valence-electron chi connectivity index (χ4n) is 3.27. The Kier molecular flexibility index (Phi) is 6.96. The third kappa shape index (κ3) is 4.45. The molecule has 0 aromatic heterocycles. The summed E-state index contributed by atoms with van der Waals surface area (Å²) in [5.41, 5.74) is 0.206. The molecule has 2 unspecified atom stereocenters. The largest absolute Gasteiger partial charge is 0.481 e. The molecule has 20 heavy (non-hydrogen) atoms. The number of carboxylic acids is 1. The minimum absolute atomic E-state index is 0.206. The topological polar surface area (TPSA) is 49.8 Å². The van der Waals surface area contributed by atoms with Crippen molar-refractivity contribution in [3.63, 3.8) is 0 Å². The van der Waals surface area contributed by atoms with E-state index in [1.165, 1.54) is 0 Å². The van der Waals surface area contributed by atoms with E-state index >= 15 is 0 Å². The highest BCUT2D eigenvalue weighted by Crippen LogP contribution is 2.45. The fraction of sp³-hybridized carbons (Fsp3) is 0.938. The van der Waals surface area contributed by atoms with Crippen LogP contribution in [0.4, 0.5) is 0 Å². The normalized spacial score (nSPS) is 24.6. The van der Waals surface area contributed by atoms with Gasteiger partial charge in [0.1, 0.15) is 0 Å². The SMILES string of the molecule is CCCN(CCCCC(=O)O)C1CC(OCC)C1(C)C. The third-order valence-corrected chi connectivity index (χ3v) is 4.53. The minimum Gasteiger partial charge on any atom is -0.481 e. The van der Waals surface area contributed by atoms with Crippen molar-refractivity contribution in [2.24, 2.45) is 5.41 Å². The zero-order chi connectivity index (χ0) is 15.2. The summed E-state index contributed by atoms with van der Waals surface area (Å²) in [6.07, 6.45) is 4.66. The Morgan fingerprint density at radius 3 is 2.50 bits per heavy atom. The van der Waals surface area contributed by atoms with E-state index in [1.54, 1.807) is 0 Å². The molecule has 1 fully saturated rings. The predicted molar refractivity (Wildman–Crippen MR) is 81.0 cm³/mol. The highest BCUT2D eigenvalue weighted by molar-refractivity contribution is 5.66. The number of rotatable bonds is 10. The first-order chi connectivity index (χ1) is 9.43. The van der Waals surface area contributed by atoms with Gasteiger partial charge in [0.05, 0.1) is 6.10 Å². The van der Waals surface area contributed by atoms with Crippen molar-refractivity contribution < 1.29 is 14.6 Å². The molecule has 1 N–H and O–H groups in total. The maximum absolute atomic E-state index is 10.6. The molecule has 0 spiro atoms. The van der Waals surface area contributed by atoms with Crippen LogP contribution in [0.2, 0.25) is 0 Å². The van der Waals surface area contributed by atoms with Gasteiger partial charge in [0.15, 0.2) is 0 Å². The summed E-state index contributed by atoms with van der Waals surface area (Å²) >= 11 is 0. The van der Waals surface area contributed by atoms with Crippen LogP contribution in [0.1, 0.15) is 59.8 Å². The van der Waals surface area contributed by atoms with E-state index in [2.05, 4.69) is 32.6 Å². The number of hydrogen-bond acceptors (Lipinski definition) is 3. The molecule has 118 valence electrons. The van der Waals surface area contributed by atoms with E-state index in [1.807, 2.05) is 0 Å². The fourth-order valence-corrected chi connectivity index (χ4v) is 3.27. The average Bonchev–Trinajstić information content (AvgIpc) is 2.38. The summed E-state index contributed by atoms with van der Waals surface area (Å²) < 4.78 is 5.80. The van der Waals surface area contributed by atoms with E-state index in [0.29, 0.717) is 12.1 Å². The number of unbranched alkanes of at least 4 members (excludes halogenated alkanes) is 1. The Hall–Kier alpha value is -0.610. The Morgan fingerprint density at radius 1 is 1.30 bits per heavy atom. The van der Waals surface area contributed by atoms with Crippen LogP contribution in [-0.4, -0.2) is 47.8 Å². The van der Waals surface area contributed by atoms with Gasteiger partial charge in [-0.05, 0) is 45.7 Å². The number of nitrogens with zero attached hydrogens (tertiary/aromatic N) is 1. The lowest BCUT2D eigenvalue weighted by Crippen LogP contribution is -2.62. The molecule has 1 saturated carbocycles. The van der Waals surface area contributed by atoms with Gasteiger partial charge in [0.2, 0.25) is 0 Å². The molecule has 0 radical (unpaired) electrons. The van der Waals surface area contributed by atoms with E-state index < -0.39 is 5.97 Å². The summed E-state index contributed by atoms with van der Waals surface area (Å²) in [4.78, 5) is 13.1. The number of carbonyl (C=O) groups is 1. The van der Waals surface area contributed by atoms with Crippen molar-refractivity contribution in [2.45, 2.75) is 71.9 Å². The first-order valence-corrected chi connectivity index (χ1v) is 8.00. The number of ether oxygens (including phenoxy) is 1. The van der Waals surface area contributed by atoms with Gasteiger partial charge in [-0.15, -0.1) is 0 Å². The first-order valence-electron chi connectivity index (χ1n) is 8.00. The zero-order valence-corrected chi connectivity index (χ0v) is 13.5. The van der Waals surface area contributed by atoms with Gasteiger partial charge in [-0.1, -0.05) is 20.8 Å². The quantitative estimate of drug-likeness (QED) is 0.626. The van der Waals surface area contributed by atoms with Crippen LogP contribution in [0.5, 0.6) is 0 Å². The van der Waals surface area contributed by atoms with Gasteiger partial charge in [-0.2, -0.15) is 0 Å². The second-order valence-electron chi connectivity index (χ2n) is 6.40. The molecule has 0 heterocycles. The van der Waals surface area contributed by atoms with E-state index in [0.717, 1.165) is 45.4 Å². The molecule has 0 saturated heterocycles. The van der Waals surface area contributed by atoms with Crippen molar-refractivity contribution in [3.05, 3.63) is 0 Å². The second-order valence-corrected chi connectivity index (χ2v) is 6.40. The summed E-state index contributed by atoms with van der Waals surface area (Å²) in [7, 11) is 0. The van der Waals surface area contributed by atoms with Crippen LogP contribution < -0.4 is 0 Å². The monoisotopic (exact) mass is 285 g/mol. The number of carboxylic acid groups (broad SMARTS) is 1. The summed E-state index contributed by atoms with van der Waals surface area (Å²) in [5.74, 6) is -0.688. The van der Waals surface area contributed by atoms with Gasteiger partial charge in [0.25, 0.3) is 0 Å². The molecule has 0 aromatic rings. The average molecular weight is 285 g/mol. The highest BCUT2D eigenvalue weighted by Gasteiger charge is 2.50. The smallest absolute Gasteiger partial charge is 0.303 e. The molecule has 2 atom stereocenters. The van der Waals surface area contributed by atoms with Crippen molar-refractivity contribution in [1.82, 2.24) is 4.90 Å². The standard InChI is InChI=1S/C16H31NO3/c1-5-10-17(11-8-7-9-15(18)19)13-12-14(20-6-2)16(13,3)4/h13-14H,5-12H2,1-4H3,(H,18,19). The maximum atomic E-state index is 10.6. The van der Waals surface area contributed by atoms with Crippen LogP contribution >= 0.6 is 0 Å². The summed E-state index contributed by atoms with van der Waals surface area (Å²) in [6, 6.07) is 0.573. The molecule has 1 rings (SSSR count). The summed E-state index contributed by atoms with van der Waals surface area (Å²) in [5, 5.41) is 8.70. The Balaban J connectivity index is 2.44. The van der Waals surface area contributed by atoms with Gasteiger partial charge in [-0.25, -0.2) is 0 Å². The first kappa shape index (κ1) is 17.4. The van der Waals surface area contributed by atoms with Gasteiger partial charge >= 0.3 is 5.97 Å². The molecular formula is C16H31NO3. The second kappa shape index (κ2) is 7.99. The van der Waals surface area contributed by atoms with E-state index in [-0.39, 0.29) is 11.8 Å². The van der Waals surface area contributed by atoms with Gasteiger partial charge in [0, 0.05) is 24.5 Å². The van der Waals surface area contributed by atoms with Gasteiger partial charge < -0.3 is 9.84 Å². The Labute approximate surface area is 123 Å². The maximum Gasteiger partial charge on any atom is 0.303 e. The molecule has 4 nitrogen and oxygen atoms in total.